The van der Waals surface area contributed by atoms with Crippen LogP contribution in [0.25, 0.3) is 0 Å². The fourth-order valence-corrected chi connectivity index (χ4v) is 0.172. The Bertz CT molecular complexity index is 47.5. The van der Waals surface area contributed by atoms with E-state index in [1.165, 1.54) is 0 Å². The SMILES string of the molecule is CC(C)/C=N\N. The van der Waals surface area contributed by atoms with Gasteiger partial charge in [-0.1, -0.05) is 13.8 Å². The lowest BCUT2D eigenvalue weighted by Crippen LogP contribution is -1.90. The van der Waals surface area contributed by atoms with Gasteiger partial charge in [0.25, 0.3) is 0 Å². The lowest BCUT2D eigenvalue weighted by atomic mass is 10.3. The molecule has 6 heavy (non-hydrogen) atoms. The molecule has 0 aromatic rings. The van der Waals surface area contributed by atoms with E-state index >= 15 is 0 Å². The number of rotatable bonds is 1. The van der Waals surface area contributed by atoms with E-state index in [2.05, 4.69) is 5.10 Å². The van der Waals surface area contributed by atoms with Gasteiger partial charge in [0.1, 0.15) is 0 Å². The van der Waals surface area contributed by atoms with Gasteiger partial charge < -0.3 is 5.84 Å². The summed E-state index contributed by atoms with van der Waals surface area (Å²) in [6.07, 6.45) is 1.69. The van der Waals surface area contributed by atoms with Gasteiger partial charge in [0.05, 0.1) is 0 Å². The minimum atomic E-state index is 0.481. The minimum absolute atomic E-state index is 0.481. The van der Waals surface area contributed by atoms with E-state index in [1.54, 1.807) is 6.21 Å². The molecule has 0 heterocycles. The molecule has 0 aliphatic rings. The van der Waals surface area contributed by atoms with E-state index in [1.807, 2.05) is 13.8 Å². The zero-order valence-corrected chi connectivity index (χ0v) is 4.18. The quantitative estimate of drug-likeness (QED) is 0.283. The molecule has 0 rings (SSSR count). The summed E-state index contributed by atoms with van der Waals surface area (Å²) in [6.45, 7) is 4.05. The zero-order chi connectivity index (χ0) is 4.99. The van der Waals surface area contributed by atoms with Crippen molar-refractivity contribution in [3.63, 3.8) is 0 Å². The van der Waals surface area contributed by atoms with Crippen LogP contribution in [0.5, 0.6) is 0 Å². The number of hydrogen-bond acceptors (Lipinski definition) is 2. The Labute approximate surface area is 38.0 Å². The van der Waals surface area contributed by atoms with E-state index in [0.29, 0.717) is 5.92 Å². The lowest BCUT2D eigenvalue weighted by Gasteiger charge is -1.85. The first-order chi connectivity index (χ1) is 2.77. The Morgan fingerprint density at radius 2 is 2.17 bits per heavy atom. The summed E-state index contributed by atoms with van der Waals surface area (Å²) in [7, 11) is 0. The first-order valence-corrected chi connectivity index (χ1v) is 2.00. The Kier molecular flexibility index (Phi) is 2.46. The Balaban J connectivity index is 3.03. The predicted octanol–water partition coefficient (Wildman–Crippen LogP) is 0.587. The average molecular weight is 86.1 g/mol. The molecule has 0 bridgehead atoms. The van der Waals surface area contributed by atoms with Crippen LogP contribution < -0.4 is 5.84 Å². The summed E-state index contributed by atoms with van der Waals surface area (Å²) >= 11 is 0. The van der Waals surface area contributed by atoms with E-state index in [9.17, 15) is 0 Å². The highest BCUT2D eigenvalue weighted by molar-refractivity contribution is 5.58. The van der Waals surface area contributed by atoms with Crippen LogP contribution in [0.15, 0.2) is 5.10 Å². The molecule has 0 atom stereocenters. The Morgan fingerprint density at radius 3 is 2.17 bits per heavy atom. The number of hydrogen-bond donors (Lipinski definition) is 1. The van der Waals surface area contributed by atoms with Gasteiger partial charge in [-0.05, 0) is 5.92 Å². The molecule has 0 aromatic carbocycles. The Hall–Kier alpha value is -0.530. The summed E-state index contributed by atoms with van der Waals surface area (Å²) in [6, 6.07) is 0. The maximum absolute atomic E-state index is 4.80. The van der Waals surface area contributed by atoms with Gasteiger partial charge in [-0.2, -0.15) is 5.10 Å². The topological polar surface area (TPSA) is 38.4 Å². The van der Waals surface area contributed by atoms with Crippen molar-refractivity contribution in [2.75, 3.05) is 0 Å². The highest BCUT2D eigenvalue weighted by Gasteiger charge is 1.78. The third-order valence-electron chi connectivity index (χ3n) is 0.384. The largest absolute Gasteiger partial charge is 0.324 e. The summed E-state index contributed by atoms with van der Waals surface area (Å²) < 4.78 is 0. The second-order valence-corrected chi connectivity index (χ2v) is 1.54. The summed E-state index contributed by atoms with van der Waals surface area (Å²) in [5.74, 6) is 5.28. The van der Waals surface area contributed by atoms with Gasteiger partial charge in [-0.25, -0.2) is 0 Å². The molecule has 2 heteroatoms. The predicted molar refractivity (Wildman–Crippen MR) is 27.5 cm³/mol. The molecule has 0 aliphatic carbocycles. The van der Waals surface area contributed by atoms with Crippen molar-refractivity contribution in [1.82, 2.24) is 0 Å². The lowest BCUT2D eigenvalue weighted by molar-refractivity contribution is 0.900. The van der Waals surface area contributed by atoms with E-state index in [4.69, 9.17) is 5.84 Å². The molecule has 2 N–H and O–H groups in total. The fourth-order valence-electron chi connectivity index (χ4n) is 0.172. The van der Waals surface area contributed by atoms with Crippen LogP contribution in [0, 0.1) is 5.92 Å². The standard InChI is InChI=1S/C4H10N2/c1-4(2)3-6-5/h3-4H,5H2,1-2H3/b6-3-. The van der Waals surface area contributed by atoms with Crippen LogP contribution in [-0.2, 0) is 0 Å². The first-order valence-electron chi connectivity index (χ1n) is 2.00. The zero-order valence-electron chi connectivity index (χ0n) is 4.18. The van der Waals surface area contributed by atoms with E-state index in [-0.39, 0.29) is 0 Å². The molecular formula is C4H10N2. The van der Waals surface area contributed by atoms with Crippen LogP contribution in [0.3, 0.4) is 0 Å². The minimum Gasteiger partial charge on any atom is -0.324 e. The van der Waals surface area contributed by atoms with Crippen LogP contribution in [0.4, 0.5) is 0 Å². The summed E-state index contributed by atoms with van der Waals surface area (Å²) in [5, 5.41) is 3.31. The smallest absolute Gasteiger partial charge is 0.0265 e. The molecule has 36 valence electrons. The molecule has 0 spiro atoms. The van der Waals surface area contributed by atoms with E-state index in [0.717, 1.165) is 0 Å². The van der Waals surface area contributed by atoms with E-state index < -0.39 is 0 Å². The van der Waals surface area contributed by atoms with Gasteiger partial charge >= 0.3 is 0 Å². The molecular weight excluding hydrogens is 76.1 g/mol. The third-order valence-corrected chi connectivity index (χ3v) is 0.384. The van der Waals surface area contributed by atoms with Crippen LogP contribution in [0.1, 0.15) is 13.8 Å². The molecule has 0 amide bonds. The van der Waals surface area contributed by atoms with Crippen LogP contribution in [-0.4, -0.2) is 6.21 Å². The van der Waals surface area contributed by atoms with Crippen LogP contribution >= 0.6 is 0 Å². The third kappa shape index (κ3) is 3.47. The normalized spacial score (nSPS) is 11.2. The van der Waals surface area contributed by atoms with Crippen molar-refractivity contribution < 1.29 is 0 Å². The highest BCUT2D eigenvalue weighted by atomic mass is 15.1. The second-order valence-electron chi connectivity index (χ2n) is 1.54. The maximum Gasteiger partial charge on any atom is 0.0265 e. The molecule has 0 unspecified atom stereocenters. The van der Waals surface area contributed by atoms with Gasteiger partial charge in [-0.3, -0.25) is 0 Å². The summed E-state index contributed by atoms with van der Waals surface area (Å²) in [4.78, 5) is 0. The molecule has 0 fully saturated rings. The number of hydrazone groups is 1. The monoisotopic (exact) mass is 86.1 g/mol. The molecule has 0 saturated heterocycles. The van der Waals surface area contributed by atoms with Crippen molar-refractivity contribution in [1.29, 1.82) is 0 Å². The second kappa shape index (κ2) is 2.69. The summed E-state index contributed by atoms with van der Waals surface area (Å²) in [5.41, 5.74) is 0. The number of nitrogens with two attached hydrogens (primary N) is 1. The molecule has 0 radical (unpaired) electrons. The van der Waals surface area contributed by atoms with Gasteiger partial charge in [0.2, 0.25) is 0 Å². The number of nitrogens with zero attached hydrogens (tertiary/aromatic N) is 1. The first kappa shape index (κ1) is 5.47. The van der Waals surface area contributed by atoms with Crippen molar-refractivity contribution in [2.24, 2.45) is 16.9 Å². The van der Waals surface area contributed by atoms with Gasteiger partial charge in [0, 0.05) is 6.21 Å². The average Bonchev–Trinajstić information content (AvgIpc) is 1.35. The van der Waals surface area contributed by atoms with Crippen LogP contribution in [0.2, 0.25) is 0 Å². The molecule has 2 nitrogen and oxygen atoms in total. The molecule has 0 saturated carbocycles. The Morgan fingerprint density at radius 1 is 1.67 bits per heavy atom. The van der Waals surface area contributed by atoms with Gasteiger partial charge in [-0.15, -0.1) is 0 Å². The maximum atomic E-state index is 4.80. The fraction of sp³-hybridized carbons (Fsp3) is 0.750. The van der Waals surface area contributed by atoms with Crippen molar-refractivity contribution >= 4 is 6.21 Å². The molecule has 0 aliphatic heterocycles. The highest BCUT2D eigenvalue weighted by Crippen LogP contribution is 1.80. The van der Waals surface area contributed by atoms with Gasteiger partial charge in [0.15, 0.2) is 0 Å². The molecule has 0 aromatic heterocycles. The van der Waals surface area contributed by atoms with Crippen molar-refractivity contribution in [2.45, 2.75) is 13.8 Å². The van der Waals surface area contributed by atoms with Crippen molar-refractivity contribution in [3.05, 3.63) is 0 Å². The van der Waals surface area contributed by atoms with Crippen molar-refractivity contribution in [3.8, 4) is 0 Å².